The van der Waals surface area contributed by atoms with E-state index in [-0.39, 0.29) is 0 Å². The van der Waals surface area contributed by atoms with Gasteiger partial charge in [0.15, 0.2) is 0 Å². The van der Waals surface area contributed by atoms with Crippen LogP contribution < -0.4 is 0 Å². The van der Waals surface area contributed by atoms with Gasteiger partial charge in [0.1, 0.15) is 0 Å². The van der Waals surface area contributed by atoms with Gasteiger partial charge in [0.05, 0.1) is 0 Å². The average molecular weight is 423 g/mol. The van der Waals surface area contributed by atoms with Gasteiger partial charge < -0.3 is 0 Å². The lowest BCUT2D eigenvalue weighted by molar-refractivity contribution is 0.222. The lowest BCUT2D eigenvalue weighted by Crippen LogP contribution is -2.16. The molecule has 182 valence electrons. The zero-order chi connectivity index (χ0) is 22.2. The van der Waals surface area contributed by atoms with Crippen LogP contribution in [0.1, 0.15) is 188 Å². The molecule has 0 saturated heterocycles. The van der Waals surface area contributed by atoms with Crippen LogP contribution in [0.2, 0.25) is 0 Å². The van der Waals surface area contributed by atoms with Crippen molar-refractivity contribution < 1.29 is 0 Å². The summed E-state index contributed by atoms with van der Waals surface area (Å²) < 4.78 is 0. The van der Waals surface area contributed by atoms with Gasteiger partial charge in [-0.2, -0.15) is 0 Å². The fourth-order valence-corrected chi connectivity index (χ4v) is 5.08. The normalized spacial score (nSPS) is 12.0. The summed E-state index contributed by atoms with van der Waals surface area (Å²) in [6.45, 7) is 9.60. The Hall–Kier alpha value is 0. The van der Waals surface area contributed by atoms with Crippen LogP contribution in [0.15, 0.2) is 0 Å². The molecular formula is C30H62. The summed E-state index contributed by atoms with van der Waals surface area (Å²) in [4.78, 5) is 0. The van der Waals surface area contributed by atoms with E-state index < -0.39 is 0 Å². The molecule has 0 heterocycles. The molecule has 0 saturated carbocycles. The molecule has 0 aromatic heterocycles. The lowest BCUT2D eigenvalue weighted by atomic mass is 9.75. The molecular weight excluding hydrogens is 360 g/mol. The zero-order valence-electron chi connectivity index (χ0n) is 22.2. The quantitative estimate of drug-likeness (QED) is 0.128. The predicted molar refractivity (Wildman–Crippen MR) is 141 cm³/mol. The average Bonchev–Trinajstić information content (AvgIpc) is 2.74. The number of rotatable bonds is 25. The molecule has 30 heavy (non-hydrogen) atoms. The van der Waals surface area contributed by atoms with E-state index in [1.54, 1.807) is 0 Å². The summed E-state index contributed by atoms with van der Waals surface area (Å²) in [6.07, 6.45) is 36.5. The minimum atomic E-state index is 0.634. The molecule has 0 bridgehead atoms. The molecule has 0 aliphatic heterocycles. The first kappa shape index (κ1) is 30.0. The van der Waals surface area contributed by atoms with Gasteiger partial charge in [-0.25, -0.2) is 0 Å². The molecule has 0 atom stereocenters. The fourth-order valence-electron chi connectivity index (χ4n) is 5.08. The number of unbranched alkanes of at least 4 members (excludes halogenated alkanes) is 19. The van der Waals surface area contributed by atoms with Gasteiger partial charge in [-0.1, -0.05) is 169 Å². The zero-order valence-corrected chi connectivity index (χ0v) is 22.2. The van der Waals surface area contributed by atoms with Crippen molar-refractivity contribution in [1.29, 1.82) is 0 Å². The molecule has 0 radical (unpaired) electrons. The second kappa shape index (κ2) is 23.7. The molecule has 0 N–H and O–H groups in total. The number of hydrogen-bond acceptors (Lipinski definition) is 0. The van der Waals surface area contributed by atoms with Gasteiger partial charge in [0, 0.05) is 0 Å². The third-order valence-corrected chi connectivity index (χ3v) is 7.40. The van der Waals surface area contributed by atoms with Gasteiger partial charge in [-0.15, -0.1) is 0 Å². The van der Waals surface area contributed by atoms with Crippen LogP contribution in [0.5, 0.6) is 0 Å². The standard InChI is InChI=1S/C30H62/c1-5-8-11-14-17-20-23-26-29-30(4,27-24-21-18-15-12-9-6-2)28-25-22-19-16-13-10-7-3/h5-29H2,1-4H3. The van der Waals surface area contributed by atoms with Crippen molar-refractivity contribution in [1.82, 2.24) is 0 Å². The van der Waals surface area contributed by atoms with Crippen LogP contribution in [0.3, 0.4) is 0 Å². The van der Waals surface area contributed by atoms with Gasteiger partial charge in [-0.3, -0.25) is 0 Å². The van der Waals surface area contributed by atoms with Crippen LogP contribution in [0, 0.1) is 5.41 Å². The van der Waals surface area contributed by atoms with E-state index >= 15 is 0 Å². The first-order valence-corrected chi connectivity index (χ1v) is 14.7. The summed E-state index contributed by atoms with van der Waals surface area (Å²) in [5, 5.41) is 0. The fraction of sp³-hybridized carbons (Fsp3) is 1.00. The number of hydrogen-bond donors (Lipinski definition) is 0. The third-order valence-electron chi connectivity index (χ3n) is 7.40. The Morgan fingerprint density at radius 1 is 0.300 bits per heavy atom. The molecule has 0 rings (SSSR count). The minimum Gasteiger partial charge on any atom is -0.0654 e. The van der Waals surface area contributed by atoms with Crippen molar-refractivity contribution in [2.45, 2.75) is 188 Å². The van der Waals surface area contributed by atoms with Gasteiger partial charge in [0.2, 0.25) is 0 Å². The van der Waals surface area contributed by atoms with Gasteiger partial charge in [-0.05, 0) is 24.7 Å². The van der Waals surface area contributed by atoms with E-state index in [0.717, 1.165) is 0 Å². The topological polar surface area (TPSA) is 0 Å². The molecule has 0 heteroatoms. The smallest absolute Gasteiger partial charge is 0.0326 e. The molecule has 0 aromatic carbocycles. The Labute approximate surface area is 193 Å². The van der Waals surface area contributed by atoms with Crippen molar-refractivity contribution in [3.8, 4) is 0 Å². The van der Waals surface area contributed by atoms with Crippen molar-refractivity contribution in [2.24, 2.45) is 5.41 Å². The molecule has 0 unspecified atom stereocenters. The van der Waals surface area contributed by atoms with Crippen LogP contribution in [0.25, 0.3) is 0 Å². The molecule has 0 spiro atoms. The third kappa shape index (κ3) is 21.2. The molecule has 0 aromatic rings. The summed E-state index contributed by atoms with van der Waals surface area (Å²) in [7, 11) is 0. The van der Waals surface area contributed by atoms with E-state index in [4.69, 9.17) is 0 Å². The molecule has 0 amide bonds. The Kier molecular flexibility index (Phi) is 23.7. The van der Waals surface area contributed by atoms with Crippen LogP contribution in [0.4, 0.5) is 0 Å². The molecule has 0 nitrogen and oxygen atoms in total. The second-order valence-electron chi connectivity index (χ2n) is 10.8. The molecule has 0 aliphatic rings. The largest absolute Gasteiger partial charge is 0.0654 e. The van der Waals surface area contributed by atoms with Crippen molar-refractivity contribution >= 4 is 0 Å². The van der Waals surface area contributed by atoms with Crippen LogP contribution >= 0.6 is 0 Å². The molecule has 0 aliphatic carbocycles. The minimum absolute atomic E-state index is 0.634. The SMILES string of the molecule is CCCCCCCCCCC(C)(CCCCCCCCC)CCCCCCCCC. The highest BCUT2D eigenvalue weighted by Crippen LogP contribution is 2.37. The van der Waals surface area contributed by atoms with E-state index in [9.17, 15) is 0 Å². The maximum Gasteiger partial charge on any atom is -0.0326 e. The summed E-state index contributed by atoms with van der Waals surface area (Å²) in [5.74, 6) is 0. The van der Waals surface area contributed by atoms with Crippen molar-refractivity contribution in [3.05, 3.63) is 0 Å². The molecule has 0 fully saturated rings. The maximum absolute atomic E-state index is 2.64. The van der Waals surface area contributed by atoms with E-state index in [1.807, 2.05) is 0 Å². The summed E-state index contributed by atoms with van der Waals surface area (Å²) in [5.41, 5.74) is 0.634. The first-order valence-electron chi connectivity index (χ1n) is 14.7. The first-order chi connectivity index (χ1) is 14.7. The maximum atomic E-state index is 2.64. The monoisotopic (exact) mass is 422 g/mol. The van der Waals surface area contributed by atoms with E-state index in [0.29, 0.717) is 5.41 Å². The van der Waals surface area contributed by atoms with Crippen molar-refractivity contribution in [3.63, 3.8) is 0 Å². The van der Waals surface area contributed by atoms with Crippen LogP contribution in [-0.2, 0) is 0 Å². The van der Waals surface area contributed by atoms with E-state index in [1.165, 1.54) is 161 Å². The Balaban J connectivity index is 4.03. The second-order valence-corrected chi connectivity index (χ2v) is 10.8. The lowest BCUT2D eigenvalue weighted by Gasteiger charge is -2.30. The van der Waals surface area contributed by atoms with Gasteiger partial charge >= 0.3 is 0 Å². The summed E-state index contributed by atoms with van der Waals surface area (Å²) >= 11 is 0. The van der Waals surface area contributed by atoms with E-state index in [2.05, 4.69) is 27.7 Å². The highest BCUT2D eigenvalue weighted by Gasteiger charge is 2.22. The van der Waals surface area contributed by atoms with Crippen LogP contribution in [-0.4, -0.2) is 0 Å². The summed E-state index contributed by atoms with van der Waals surface area (Å²) in [6, 6.07) is 0. The highest BCUT2D eigenvalue weighted by molar-refractivity contribution is 4.75. The van der Waals surface area contributed by atoms with Crippen molar-refractivity contribution in [2.75, 3.05) is 0 Å². The predicted octanol–water partition coefficient (Wildman–Crippen LogP) is 11.8. The Morgan fingerprint density at radius 2 is 0.500 bits per heavy atom. The highest BCUT2D eigenvalue weighted by atomic mass is 14.3. The van der Waals surface area contributed by atoms with Gasteiger partial charge in [0.25, 0.3) is 0 Å². The Bertz CT molecular complexity index is 287. The Morgan fingerprint density at radius 3 is 0.733 bits per heavy atom.